The molecule has 0 atom stereocenters. The van der Waals surface area contributed by atoms with Crippen molar-refractivity contribution in [2.24, 2.45) is 0 Å². The number of aromatic nitrogens is 1. The molecule has 0 aliphatic heterocycles. The number of carbonyl (C=O) groups is 2. The van der Waals surface area contributed by atoms with Crippen LogP contribution in [0.1, 0.15) is 20.8 Å². The Hall–Kier alpha value is -3.21. The summed E-state index contributed by atoms with van der Waals surface area (Å²) in [5, 5.41) is 0.950. The van der Waals surface area contributed by atoms with E-state index in [-0.39, 0.29) is 28.6 Å². The third-order valence-corrected chi connectivity index (χ3v) is 3.76. The first-order valence-corrected chi connectivity index (χ1v) is 7.02. The van der Waals surface area contributed by atoms with Crippen LogP contribution in [-0.2, 0) is 4.74 Å². The highest BCUT2D eigenvalue weighted by atomic mass is 16.5. The third kappa shape index (κ3) is 2.05. The standard InChI is InChI=1S/C18H11NO4/c1-22-16-9-13(20)17-11(18(16)21)6-7-12(19-17)15-8-10-4-2-3-5-14(10)23-15/h2-9H,1H3. The second-order valence-corrected chi connectivity index (χ2v) is 5.15. The van der Waals surface area contributed by atoms with Crippen LogP contribution >= 0.6 is 0 Å². The summed E-state index contributed by atoms with van der Waals surface area (Å²) in [7, 11) is 1.36. The largest absolute Gasteiger partial charge is 0.492 e. The highest BCUT2D eigenvalue weighted by molar-refractivity contribution is 6.23. The van der Waals surface area contributed by atoms with Gasteiger partial charge in [0, 0.05) is 11.5 Å². The molecule has 0 radical (unpaired) electrons. The molecule has 1 aliphatic carbocycles. The van der Waals surface area contributed by atoms with Crippen molar-refractivity contribution in [3.05, 3.63) is 65.6 Å². The number of hydrogen-bond donors (Lipinski definition) is 0. The molecule has 0 amide bonds. The van der Waals surface area contributed by atoms with E-state index in [0.29, 0.717) is 11.5 Å². The summed E-state index contributed by atoms with van der Waals surface area (Å²) in [6, 6.07) is 12.7. The molecular formula is C18H11NO4. The quantitative estimate of drug-likeness (QED) is 0.725. The van der Waals surface area contributed by atoms with Gasteiger partial charge in [-0.15, -0.1) is 0 Å². The molecule has 23 heavy (non-hydrogen) atoms. The summed E-state index contributed by atoms with van der Waals surface area (Å²) in [4.78, 5) is 28.6. The number of hydrogen-bond acceptors (Lipinski definition) is 5. The first-order valence-electron chi connectivity index (χ1n) is 7.02. The van der Waals surface area contributed by atoms with Crippen LogP contribution in [0.25, 0.3) is 22.4 Å². The van der Waals surface area contributed by atoms with E-state index < -0.39 is 0 Å². The average Bonchev–Trinajstić information content (AvgIpc) is 3.01. The fourth-order valence-electron chi connectivity index (χ4n) is 2.61. The predicted octanol–water partition coefficient (Wildman–Crippen LogP) is 3.40. The van der Waals surface area contributed by atoms with Gasteiger partial charge in [0.25, 0.3) is 0 Å². The molecule has 4 rings (SSSR count). The molecular weight excluding hydrogens is 294 g/mol. The predicted molar refractivity (Wildman–Crippen MR) is 83.2 cm³/mol. The zero-order valence-corrected chi connectivity index (χ0v) is 12.2. The number of rotatable bonds is 2. The lowest BCUT2D eigenvalue weighted by Gasteiger charge is -2.13. The van der Waals surface area contributed by atoms with Gasteiger partial charge in [-0.05, 0) is 24.3 Å². The molecule has 112 valence electrons. The van der Waals surface area contributed by atoms with E-state index in [4.69, 9.17) is 9.15 Å². The first-order chi connectivity index (χ1) is 11.2. The maximum Gasteiger partial charge on any atom is 0.229 e. The molecule has 0 bridgehead atoms. The van der Waals surface area contributed by atoms with E-state index in [1.807, 2.05) is 30.3 Å². The summed E-state index contributed by atoms with van der Waals surface area (Å²) in [6.45, 7) is 0. The van der Waals surface area contributed by atoms with Gasteiger partial charge in [-0.25, -0.2) is 4.98 Å². The smallest absolute Gasteiger partial charge is 0.229 e. The van der Waals surface area contributed by atoms with Crippen molar-refractivity contribution < 1.29 is 18.7 Å². The average molecular weight is 305 g/mol. The molecule has 3 aromatic rings. The van der Waals surface area contributed by atoms with Crippen LogP contribution in [0.4, 0.5) is 0 Å². The van der Waals surface area contributed by atoms with Crippen molar-refractivity contribution in [1.82, 2.24) is 4.98 Å². The van der Waals surface area contributed by atoms with Crippen molar-refractivity contribution in [2.45, 2.75) is 0 Å². The van der Waals surface area contributed by atoms with Gasteiger partial charge in [0.2, 0.25) is 11.6 Å². The van der Waals surface area contributed by atoms with E-state index in [1.54, 1.807) is 12.1 Å². The van der Waals surface area contributed by atoms with Crippen molar-refractivity contribution >= 4 is 22.5 Å². The lowest BCUT2D eigenvalue weighted by molar-refractivity contribution is 0.0914. The molecule has 0 saturated heterocycles. The van der Waals surface area contributed by atoms with Crippen LogP contribution in [0.3, 0.4) is 0 Å². The van der Waals surface area contributed by atoms with Gasteiger partial charge in [0.15, 0.2) is 11.5 Å². The molecule has 1 aromatic carbocycles. The fourth-order valence-corrected chi connectivity index (χ4v) is 2.61. The van der Waals surface area contributed by atoms with Gasteiger partial charge in [-0.1, -0.05) is 18.2 Å². The zero-order valence-electron chi connectivity index (χ0n) is 12.2. The molecule has 0 N–H and O–H groups in total. The number of nitrogens with zero attached hydrogens (tertiary/aromatic N) is 1. The molecule has 0 fully saturated rings. The Bertz CT molecular complexity index is 964. The monoisotopic (exact) mass is 305 g/mol. The number of para-hydroxylation sites is 1. The number of Topliss-reactive ketones (excluding diaryl/α,β-unsaturated/α-hetero) is 1. The normalized spacial score (nSPS) is 13.9. The van der Waals surface area contributed by atoms with E-state index >= 15 is 0 Å². The highest BCUT2D eigenvalue weighted by Gasteiger charge is 2.28. The number of pyridine rings is 1. The summed E-state index contributed by atoms with van der Waals surface area (Å²) in [6.07, 6.45) is 1.17. The molecule has 0 spiro atoms. The van der Waals surface area contributed by atoms with Crippen LogP contribution in [0.15, 0.2) is 58.7 Å². The fraction of sp³-hybridized carbons (Fsp3) is 0.0556. The number of ether oxygens (including phenoxy) is 1. The van der Waals surface area contributed by atoms with Gasteiger partial charge >= 0.3 is 0 Å². The van der Waals surface area contributed by atoms with Crippen molar-refractivity contribution in [2.75, 3.05) is 7.11 Å². The van der Waals surface area contributed by atoms with E-state index in [2.05, 4.69) is 4.98 Å². The Balaban J connectivity index is 1.84. The number of fused-ring (bicyclic) bond motifs is 2. The maximum absolute atomic E-state index is 12.2. The summed E-state index contributed by atoms with van der Waals surface area (Å²) >= 11 is 0. The number of methoxy groups -OCH3 is 1. The lowest BCUT2D eigenvalue weighted by atomic mass is 9.97. The van der Waals surface area contributed by atoms with Crippen LogP contribution < -0.4 is 0 Å². The van der Waals surface area contributed by atoms with E-state index in [1.165, 1.54) is 13.2 Å². The Morgan fingerprint density at radius 1 is 1.09 bits per heavy atom. The molecule has 0 unspecified atom stereocenters. The first kappa shape index (κ1) is 13.5. The van der Waals surface area contributed by atoms with Gasteiger partial charge in [0.05, 0.1) is 12.7 Å². The number of furan rings is 1. The van der Waals surface area contributed by atoms with Gasteiger partial charge in [0.1, 0.15) is 17.0 Å². The van der Waals surface area contributed by atoms with Crippen molar-refractivity contribution in [1.29, 1.82) is 0 Å². The van der Waals surface area contributed by atoms with E-state index in [9.17, 15) is 9.59 Å². The van der Waals surface area contributed by atoms with Crippen LogP contribution in [0.2, 0.25) is 0 Å². The second kappa shape index (κ2) is 4.91. The molecule has 2 heterocycles. The minimum Gasteiger partial charge on any atom is -0.492 e. The minimum absolute atomic E-state index is 0.0285. The maximum atomic E-state index is 12.2. The van der Waals surface area contributed by atoms with Gasteiger partial charge in [-0.3, -0.25) is 9.59 Å². The Morgan fingerprint density at radius 3 is 2.70 bits per heavy atom. The zero-order chi connectivity index (χ0) is 16.0. The second-order valence-electron chi connectivity index (χ2n) is 5.15. The van der Waals surface area contributed by atoms with Crippen LogP contribution in [0, 0.1) is 0 Å². The van der Waals surface area contributed by atoms with Crippen LogP contribution in [0.5, 0.6) is 0 Å². The number of carbonyl (C=O) groups excluding carboxylic acids is 2. The lowest BCUT2D eigenvalue weighted by Crippen LogP contribution is -2.19. The number of benzene rings is 1. The molecule has 5 heteroatoms. The molecule has 2 aromatic heterocycles. The van der Waals surface area contributed by atoms with E-state index in [0.717, 1.165) is 11.0 Å². The topological polar surface area (TPSA) is 69.4 Å². The van der Waals surface area contributed by atoms with Crippen molar-refractivity contribution in [3.63, 3.8) is 0 Å². The van der Waals surface area contributed by atoms with Gasteiger partial charge < -0.3 is 9.15 Å². The highest BCUT2D eigenvalue weighted by Crippen LogP contribution is 2.29. The minimum atomic E-state index is -0.352. The Morgan fingerprint density at radius 2 is 1.91 bits per heavy atom. The third-order valence-electron chi connectivity index (χ3n) is 3.76. The molecule has 5 nitrogen and oxygen atoms in total. The molecule has 0 saturated carbocycles. The Labute approximate surface area is 131 Å². The number of allylic oxidation sites excluding steroid dienone is 2. The summed E-state index contributed by atoms with van der Waals surface area (Å²) < 4.78 is 10.7. The summed E-state index contributed by atoms with van der Waals surface area (Å²) in [5.74, 6) is -0.114. The number of ketones is 2. The summed E-state index contributed by atoms with van der Waals surface area (Å²) in [5.41, 5.74) is 1.62. The SMILES string of the molecule is COC1=CC(=O)c2nc(-c3cc4ccccc4o3)ccc2C1=O. The van der Waals surface area contributed by atoms with Crippen LogP contribution in [-0.4, -0.2) is 23.7 Å². The van der Waals surface area contributed by atoms with Crippen molar-refractivity contribution in [3.8, 4) is 11.5 Å². The molecule has 1 aliphatic rings. The Kier molecular flexibility index (Phi) is 2.87. The van der Waals surface area contributed by atoms with Gasteiger partial charge in [-0.2, -0.15) is 0 Å².